The van der Waals surface area contributed by atoms with Crippen molar-refractivity contribution in [2.45, 2.75) is 44.8 Å². The number of benzene rings is 1. The van der Waals surface area contributed by atoms with Crippen LogP contribution in [0.2, 0.25) is 5.02 Å². The van der Waals surface area contributed by atoms with E-state index in [2.05, 4.69) is 19.2 Å². The quantitative estimate of drug-likeness (QED) is 0.923. The van der Waals surface area contributed by atoms with Crippen molar-refractivity contribution < 1.29 is 4.79 Å². The number of amides is 1. The zero-order chi connectivity index (χ0) is 14.3. The molecule has 20 heavy (non-hydrogen) atoms. The van der Waals surface area contributed by atoms with Crippen LogP contribution in [-0.2, 0) is 4.79 Å². The Bertz CT molecular complexity index is 525. The van der Waals surface area contributed by atoms with Crippen LogP contribution in [0.4, 0.5) is 0 Å². The van der Waals surface area contributed by atoms with Gasteiger partial charge in [-0.15, -0.1) is 0 Å². The molecule has 1 aliphatic heterocycles. The van der Waals surface area contributed by atoms with Gasteiger partial charge in [-0.25, -0.2) is 0 Å². The molecule has 4 heteroatoms. The number of nitrogens with one attached hydrogen (secondary N) is 1. The number of hydrogen-bond acceptors (Lipinski definition) is 2. The molecule has 1 heterocycles. The molecule has 0 radical (unpaired) electrons. The van der Waals surface area contributed by atoms with Gasteiger partial charge in [0, 0.05) is 11.6 Å². The Kier molecular flexibility index (Phi) is 3.51. The van der Waals surface area contributed by atoms with Gasteiger partial charge in [-0.3, -0.25) is 10.1 Å². The molecule has 108 valence electrons. The zero-order valence-corrected chi connectivity index (χ0v) is 12.8. The van der Waals surface area contributed by atoms with Crippen LogP contribution >= 0.6 is 11.6 Å². The second-order valence-corrected chi connectivity index (χ2v) is 6.80. The van der Waals surface area contributed by atoms with Crippen LogP contribution in [0.15, 0.2) is 24.3 Å². The molecular formula is C16H21ClN2O. The van der Waals surface area contributed by atoms with Crippen LogP contribution in [0.3, 0.4) is 0 Å². The molecule has 1 unspecified atom stereocenters. The number of rotatable bonds is 4. The van der Waals surface area contributed by atoms with Crippen molar-refractivity contribution in [3.05, 3.63) is 34.9 Å². The number of halogens is 1. The highest BCUT2D eigenvalue weighted by molar-refractivity contribution is 6.30. The molecule has 0 aromatic heterocycles. The average Bonchev–Trinajstić information content (AvgIpc) is 3.12. The van der Waals surface area contributed by atoms with E-state index in [1.165, 1.54) is 0 Å². The van der Waals surface area contributed by atoms with Crippen molar-refractivity contribution in [2.75, 3.05) is 6.54 Å². The lowest BCUT2D eigenvalue weighted by Gasteiger charge is -2.25. The van der Waals surface area contributed by atoms with Crippen LogP contribution in [0.1, 0.15) is 44.8 Å². The van der Waals surface area contributed by atoms with E-state index in [-0.39, 0.29) is 17.6 Å². The third kappa shape index (κ3) is 2.45. The van der Waals surface area contributed by atoms with Crippen molar-refractivity contribution in [1.29, 1.82) is 0 Å². The molecule has 1 aliphatic carbocycles. The van der Waals surface area contributed by atoms with Crippen molar-refractivity contribution in [2.24, 2.45) is 5.92 Å². The minimum atomic E-state index is -0.274. The van der Waals surface area contributed by atoms with E-state index in [1.54, 1.807) is 0 Å². The first-order valence-corrected chi connectivity index (χ1v) is 7.74. The van der Waals surface area contributed by atoms with Crippen LogP contribution in [0.25, 0.3) is 0 Å². The molecule has 1 saturated carbocycles. The number of nitrogens with zero attached hydrogens (tertiary/aromatic N) is 1. The maximum absolute atomic E-state index is 12.6. The first kappa shape index (κ1) is 13.9. The highest BCUT2D eigenvalue weighted by Crippen LogP contribution is 2.46. The van der Waals surface area contributed by atoms with E-state index in [0.717, 1.165) is 36.4 Å². The molecule has 3 rings (SSSR count). The third-order valence-electron chi connectivity index (χ3n) is 4.26. The Morgan fingerprint density at radius 1 is 1.45 bits per heavy atom. The van der Waals surface area contributed by atoms with Gasteiger partial charge < -0.3 is 4.90 Å². The monoisotopic (exact) mass is 292 g/mol. The Labute approximate surface area is 125 Å². The lowest BCUT2D eigenvalue weighted by atomic mass is 10.1. The fourth-order valence-corrected chi connectivity index (χ4v) is 3.04. The molecule has 1 aromatic carbocycles. The summed E-state index contributed by atoms with van der Waals surface area (Å²) in [6.07, 6.45) is 2.92. The van der Waals surface area contributed by atoms with Crippen LogP contribution in [0.5, 0.6) is 0 Å². The van der Waals surface area contributed by atoms with Crippen LogP contribution < -0.4 is 5.32 Å². The first-order chi connectivity index (χ1) is 9.52. The van der Waals surface area contributed by atoms with Gasteiger partial charge in [-0.1, -0.05) is 37.6 Å². The van der Waals surface area contributed by atoms with Crippen molar-refractivity contribution >= 4 is 17.5 Å². The number of hydrogen-bond donors (Lipinski definition) is 1. The van der Waals surface area contributed by atoms with Crippen molar-refractivity contribution in [3.63, 3.8) is 0 Å². The summed E-state index contributed by atoms with van der Waals surface area (Å²) < 4.78 is 0. The fourth-order valence-electron chi connectivity index (χ4n) is 2.84. The topological polar surface area (TPSA) is 32.3 Å². The summed E-state index contributed by atoms with van der Waals surface area (Å²) in [5, 5.41) is 4.25. The highest BCUT2D eigenvalue weighted by atomic mass is 35.5. The molecule has 0 bridgehead atoms. The molecule has 1 aromatic rings. The summed E-state index contributed by atoms with van der Waals surface area (Å²) in [6, 6.07) is 7.81. The van der Waals surface area contributed by atoms with Crippen LogP contribution in [-0.4, -0.2) is 22.9 Å². The molecule has 1 atom stereocenters. The molecule has 1 spiro atoms. The Morgan fingerprint density at radius 2 is 2.20 bits per heavy atom. The van der Waals surface area contributed by atoms with Gasteiger partial charge in [0.15, 0.2) is 0 Å². The van der Waals surface area contributed by atoms with Gasteiger partial charge in [-0.2, -0.15) is 0 Å². The molecule has 2 fully saturated rings. The summed E-state index contributed by atoms with van der Waals surface area (Å²) in [7, 11) is 0. The van der Waals surface area contributed by atoms with Gasteiger partial charge in [0.05, 0.1) is 0 Å². The Balaban J connectivity index is 1.85. The molecule has 1 saturated heterocycles. The highest BCUT2D eigenvalue weighted by Gasteiger charge is 2.59. The van der Waals surface area contributed by atoms with Gasteiger partial charge in [0.25, 0.3) is 0 Å². The average molecular weight is 293 g/mol. The van der Waals surface area contributed by atoms with E-state index >= 15 is 0 Å². The molecule has 1 N–H and O–H groups in total. The van der Waals surface area contributed by atoms with Gasteiger partial charge >= 0.3 is 0 Å². The molecule has 2 aliphatic rings. The lowest BCUT2D eigenvalue weighted by Crippen LogP contribution is -2.33. The number of carbonyl (C=O) groups excluding carboxylic acids is 1. The molecule has 3 nitrogen and oxygen atoms in total. The maximum atomic E-state index is 12.6. The molecule has 1 amide bonds. The second-order valence-electron chi connectivity index (χ2n) is 6.37. The van der Waals surface area contributed by atoms with Crippen molar-refractivity contribution in [1.82, 2.24) is 10.2 Å². The standard InChI is InChI=1S/C16H21ClN2O/c1-11(2)6-9-19-14(12-4-3-5-13(17)10-12)18-16(7-8-16)15(19)20/h3-5,10-11,14,18H,6-9H2,1-2H3. The minimum absolute atomic E-state index is 0.0255. The van der Waals surface area contributed by atoms with Crippen LogP contribution in [0, 0.1) is 5.92 Å². The van der Waals surface area contributed by atoms with Crippen molar-refractivity contribution in [3.8, 4) is 0 Å². The van der Waals surface area contributed by atoms with E-state index in [9.17, 15) is 4.79 Å². The van der Waals surface area contributed by atoms with Gasteiger partial charge in [-0.05, 0) is 42.9 Å². The summed E-state index contributed by atoms with van der Waals surface area (Å²) in [6.45, 7) is 5.19. The summed E-state index contributed by atoms with van der Waals surface area (Å²) in [5.74, 6) is 0.863. The van der Waals surface area contributed by atoms with E-state index in [4.69, 9.17) is 11.6 Å². The second kappa shape index (κ2) is 5.05. The largest absolute Gasteiger partial charge is 0.321 e. The third-order valence-corrected chi connectivity index (χ3v) is 4.49. The maximum Gasteiger partial charge on any atom is 0.244 e. The SMILES string of the molecule is CC(C)CCN1C(=O)C2(CC2)NC1c1cccc(Cl)c1. The smallest absolute Gasteiger partial charge is 0.244 e. The zero-order valence-electron chi connectivity index (χ0n) is 12.0. The first-order valence-electron chi connectivity index (χ1n) is 7.36. The van der Waals surface area contributed by atoms with E-state index < -0.39 is 0 Å². The Hall–Kier alpha value is -1.06. The summed E-state index contributed by atoms with van der Waals surface area (Å²) in [5.41, 5.74) is 0.808. The minimum Gasteiger partial charge on any atom is -0.321 e. The van der Waals surface area contributed by atoms with E-state index in [0.29, 0.717) is 5.92 Å². The number of carbonyl (C=O) groups is 1. The lowest BCUT2D eigenvalue weighted by molar-refractivity contribution is -0.131. The van der Waals surface area contributed by atoms with Gasteiger partial charge in [0.2, 0.25) is 5.91 Å². The van der Waals surface area contributed by atoms with E-state index in [1.807, 2.05) is 29.2 Å². The Morgan fingerprint density at radius 3 is 2.80 bits per heavy atom. The normalized spacial score (nSPS) is 23.9. The summed E-state index contributed by atoms with van der Waals surface area (Å²) >= 11 is 6.09. The molecular weight excluding hydrogens is 272 g/mol. The summed E-state index contributed by atoms with van der Waals surface area (Å²) in [4.78, 5) is 14.6. The fraction of sp³-hybridized carbons (Fsp3) is 0.562. The predicted octanol–water partition coefficient (Wildman–Crippen LogP) is 3.35. The predicted molar refractivity (Wildman–Crippen MR) is 80.5 cm³/mol. The van der Waals surface area contributed by atoms with Gasteiger partial charge in [0.1, 0.15) is 11.7 Å².